The van der Waals surface area contributed by atoms with Crippen LogP contribution in [0.5, 0.6) is 0 Å². The summed E-state index contributed by atoms with van der Waals surface area (Å²) in [5, 5.41) is 10.5. The molecule has 1 aromatic rings. The Morgan fingerprint density at radius 1 is 1.53 bits per heavy atom. The molecule has 0 atom stereocenters. The van der Waals surface area contributed by atoms with Crippen molar-refractivity contribution in [3.05, 3.63) is 25.6 Å². The summed E-state index contributed by atoms with van der Waals surface area (Å²) in [5.74, 6) is 0. The van der Waals surface area contributed by atoms with Crippen LogP contribution in [0.15, 0.2) is 11.0 Å². The van der Waals surface area contributed by atoms with Crippen molar-refractivity contribution in [2.75, 3.05) is 0 Å². The molecular formula is C6H2ClF2IN2O4S. The van der Waals surface area contributed by atoms with Gasteiger partial charge in [-0.05, 0) is 22.6 Å². The molecule has 0 unspecified atom stereocenters. The van der Waals surface area contributed by atoms with E-state index in [9.17, 15) is 27.3 Å². The molecule has 1 rings (SSSR count). The number of aromatic nitrogens is 1. The summed E-state index contributed by atoms with van der Waals surface area (Å²) in [4.78, 5) is 11.9. The predicted molar refractivity (Wildman–Crippen MR) is 61.6 cm³/mol. The molecule has 11 heteroatoms. The van der Waals surface area contributed by atoms with Gasteiger partial charge in [-0.2, -0.15) is 0 Å². The van der Waals surface area contributed by atoms with E-state index in [0.29, 0.717) is 6.07 Å². The van der Waals surface area contributed by atoms with Crippen molar-refractivity contribution in [2.45, 2.75) is 11.3 Å². The zero-order chi connectivity index (χ0) is 13.4. The number of hydrogen-bond acceptors (Lipinski definition) is 5. The first-order chi connectivity index (χ1) is 7.64. The minimum Gasteiger partial charge on any atom is -0.258 e. The lowest BCUT2D eigenvalue weighted by Crippen LogP contribution is -2.05. The molecule has 0 amide bonds. The first-order valence-electron chi connectivity index (χ1n) is 3.72. The highest BCUT2D eigenvalue weighted by molar-refractivity contribution is 14.1. The van der Waals surface area contributed by atoms with Gasteiger partial charge in [-0.25, -0.2) is 22.2 Å². The highest BCUT2D eigenvalue weighted by Crippen LogP contribution is 2.32. The zero-order valence-corrected chi connectivity index (χ0v) is 11.3. The van der Waals surface area contributed by atoms with E-state index < -0.39 is 36.7 Å². The van der Waals surface area contributed by atoms with Crippen LogP contribution in [0, 0.1) is 13.8 Å². The summed E-state index contributed by atoms with van der Waals surface area (Å²) in [7, 11) is 0.711. The maximum absolute atomic E-state index is 12.4. The van der Waals surface area contributed by atoms with Crippen LogP contribution in [0.25, 0.3) is 0 Å². The van der Waals surface area contributed by atoms with E-state index in [1.807, 2.05) is 0 Å². The van der Waals surface area contributed by atoms with E-state index >= 15 is 0 Å². The molecule has 94 valence electrons. The Kier molecular flexibility index (Phi) is 4.19. The number of hydrogen-bond donors (Lipinski definition) is 0. The Labute approximate surface area is 112 Å². The van der Waals surface area contributed by atoms with E-state index in [1.165, 1.54) is 22.6 Å². The fourth-order valence-electron chi connectivity index (χ4n) is 0.954. The summed E-state index contributed by atoms with van der Waals surface area (Å²) in [6.45, 7) is 0. The molecule has 1 aromatic heterocycles. The molecule has 0 spiro atoms. The maximum Gasteiger partial charge on any atom is 0.298 e. The van der Waals surface area contributed by atoms with Crippen LogP contribution in [0.1, 0.15) is 12.1 Å². The van der Waals surface area contributed by atoms with Crippen LogP contribution < -0.4 is 0 Å². The number of pyridine rings is 1. The van der Waals surface area contributed by atoms with Gasteiger partial charge in [0.25, 0.3) is 21.2 Å². The van der Waals surface area contributed by atoms with Gasteiger partial charge in [0.15, 0.2) is 5.69 Å². The average Bonchev–Trinajstić information content (AvgIpc) is 2.14. The molecule has 0 fully saturated rings. The average molecular weight is 399 g/mol. The molecule has 1 heterocycles. The first-order valence-corrected chi connectivity index (χ1v) is 7.11. The van der Waals surface area contributed by atoms with Crippen molar-refractivity contribution in [1.82, 2.24) is 4.98 Å². The molecule has 0 bridgehead atoms. The second-order valence-electron chi connectivity index (χ2n) is 2.68. The molecule has 0 N–H and O–H groups in total. The van der Waals surface area contributed by atoms with E-state index in [2.05, 4.69) is 4.98 Å². The minimum absolute atomic E-state index is 0.349. The summed E-state index contributed by atoms with van der Waals surface area (Å²) < 4.78 is 46.6. The number of rotatable bonds is 3. The molecule has 0 saturated heterocycles. The Bertz CT molecular complexity index is 580. The Hall–Kier alpha value is -0.620. The Morgan fingerprint density at radius 2 is 2.06 bits per heavy atom. The lowest BCUT2D eigenvalue weighted by molar-refractivity contribution is -0.386. The van der Waals surface area contributed by atoms with Gasteiger partial charge < -0.3 is 0 Å². The Morgan fingerprint density at radius 3 is 2.41 bits per heavy atom. The van der Waals surface area contributed by atoms with Gasteiger partial charge in [-0.1, -0.05) is 0 Å². The van der Waals surface area contributed by atoms with Gasteiger partial charge >= 0.3 is 0 Å². The largest absolute Gasteiger partial charge is 0.298 e. The maximum atomic E-state index is 12.4. The van der Waals surface area contributed by atoms with Gasteiger partial charge in [-0.15, -0.1) is 0 Å². The number of halogens is 4. The zero-order valence-electron chi connectivity index (χ0n) is 7.60. The van der Waals surface area contributed by atoms with Crippen LogP contribution in [0.4, 0.5) is 14.5 Å². The number of nitrogens with zero attached hydrogens (tertiary/aromatic N) is 2. The second-order valence-corrected chi connectivity index (χ2v) is 6.23. The Balaban J connectivity index is 3.63. The molecule has 0 aliphatic heterocycles. The third kappa shape index (κ3) is 3.19. The van der Waals surface area contributed by atoms with Gasteiger partial charge in [0.2, 0.25) is 0 Å². The SMILES string of the molecule is O=[N+]([O-])c1cc(S(=O)(=O)Cl)c(I)nc1C(F)F. The third-order valence-electron chi connectivity index (χ3n) is 1.62. The van der Waals surface area contributed by atoms with E-state index in [4.69, 9.17) is 10.7 Å². The summed E-state index contributed by atoms with van der Waals surface area (Å²) >= 11 is 1.35. The first kappa shape index (κ1) is 14.4. The van der Waals surface area contributed by atoms with Crippen molar-refractivity contribution in [3.63, 3.8) is 0 Å². The topological polar surface area (TPSA) is 90.2 Å². The van der Waals surface area contributed by atoms with E-state index in [1.54, 1.807) is 0 Å². The highest BCUT2D eigenvalue weighted by Gasteiger charge is 2.29. The minimum atomic E-state index is -4.28. The smallest absolute Gasteiger partial charge is 0.258 e. The van der Waals surface area contributed by atoms with Crippen LogP contribution in [0.2, 0.25) is 0 Å². The van der Waals surface area contributed by atoms with Crippen molar-refractivity contribution >= 4 is 48.0 Å². The van der Waals surface area contributed by atoms with Crippen molar-refractivity contribution in [1.29, 1.82) is 0 Å². The van der Waals surface area contributed by atoms with Crippen LogP contribution in [0.3, 0.4) is 0 Å². The monoisotopic (exact) mass is 398 g/mol. The van der Waals surface area contributed by atoms with Gasteiger partial charge in [-0.3, -0.25) is 10.1 Å². The molecule has 0 radical (unpaired) electrons. The summed E-state index contributed by atoms with van der Waals surface area (Å²) in [5.41, 5.74) is -2.18. The van der Waals surface area contributed by atoms with Crippen molar-refractivity contribution in [3.8, 4) is 0 Å². The fourth-order valence-corrected chi connectivity index (χ4v) is 3.48. The fraction of sp³-hybridized carbons (Fsp3) is 0.167. The van der Waals surface area contributed by atoms with Crippen LogP contribution in [-0.4, -0.2) is 18.3 Å². The summed E-state index contributed by atoms with van der Waals surface area (Å²) in [6.07, 6.45) is -3.18. The van der Waals surface area contributed by atoms with Gasteiger partial charge in [0.1, 0.15) is 8.60 Å². The summed E-state index contributed by atoms with van der Waals surface area (Å²) in [6, 6.07) is 0.471. The van der Waals surface area contributed by atoms with Crippen LogP contribution >= 0.6 is 33.3 Å². The molecule has 6 nitrogen and oxygen atoms in total. The lowest BCUT2D eigenvalue weighted by Gasteiger charge is -2.04. The molecule has 0 aromatic carbocycles. The van der Waals surface area contributed by atoms with E-state index in [-0.39, 0.29) is 3.70 Å². The predicted octanol–water partition coefficient (Wildman–Crippen LogP) is 2.46. The second kappa shape index (κ2) is 4.94. The lowest BCUT2D eigenvalue weighted by atomic mass is 10.3. The molecule has 0 saturated carbocycles. The van der Waals surface area contributed by atoms with Gasteiger partial charge in [0, 0.05) is 16.7 Å². The van der Waals surface area contributed by atoms with Crippen molar-refractivity contribution in [2.24, 2.45) is 0 Å². The van der Waals surface area contributed by atoms with Crippen LogP contribution in [-0.2, 0) is 9.05 Å². The standard InChI is InChI=1S/C6H2ClF2IN2O4S/c7-17(15,16)3-1-2(12(13)14)4(5(8)9)11-6(3)10/h1,5H. The molecule has 0 aliphatic carbocycles. The van der Waals surface area contributed by atoms with Gasteiger partial charge in [0.05, 0.1) is 4.92 Å². The molecular weight excluding hydrogens is 396 g/mol. The highest BCUT2D eigenvalue weighted by atomic mass is 127. The molecule has 0 aliphatic rings. The normalized spacial score (nSPS) is 11.8. The van der Waals surface area contributed by atoms with E-state index in [0.717, 1.165) is 0 Å². The third-order valence-corrected chi connectivity index (χ3v) is 4.14. The number of nitro groups is 1. The van der Waals surface area contributed by atoms with Crippen molar-refractivity contribution < 1.29 is 22.1 Å². The molecule has 17 heavy (non-hydrogen) atoms. The number of alkyl halides is 2. The quantitative estimate of drug-likeness (QED) is 0.256.